The lowest BCUT2D eigenvalue weighted by Gasteiger charge is -2.06. The molecular weight excluding hydrogens is 202 g/mol. The summed E-state index contributed by atoms with van der Waals surface area (Å²) < 4.78 is 0. The third-order valence-electron chi connectivity index (χ3n) is 2.32. The van der Waals surface area contributed by atoms with Crippen LogP contribution in [0.15, 0.2) is 35.4 Å². The molecule has 0 unspecified atom stereocenters. The Bertz CT molecular complexity index is 608. The van der Waals surface area contributed by atoms with Gasteiger partial charge in [0, 0.05) is 29.7 Å². The summed E-state index contributed by atoms with van der Waals surface area (Å²) in [7, 11) is 0. The lowest BCUT2D eigenvalue weighted by atomic mass is 10.0. The largest absolute Gasteiger partial charge is 0.326 e. The highest BCUT2D eigenvalue weighted by molar-refractivity contribution is 5.71. The van der Waals surface area contributed by atoms with Crippen LogP contribution in [0.3, 0.4) is 0 Å². The fourth-order valence-corrected chi connectivity index (χ4v) is 1.67. The molecule has 0 saturated carbocycles. The van der Waals surface area contributed by atoms with Crippen LogP contribution in [0.4, 0.5) is 0 Å². The Hall–Kier alpha value is -2.41. The summed E-state index contributed by atoms with van der Waals surface area (Å²) >= 11 is 0. The van der Waals surface area contributed by atoms with Gasteiger partial charge in [-0.25, -0.2) is 0 Å². The van der Waals surface area contributed by atoms with Crippen molar-refractivity contribution >= 4 is 0 Å². The zero-order valence-corrected chi connectivity index (χ0v) is 8.69. The van der Waals surface area contributed by atoms with E-state index < -0.39 is 0 Å². The zero-order valence-electron chi connectivity index (χ0n) is 8.69. The van der Waals surface area contributed by atoms with Gasteiger partial charge in [-0.3, -0.25) is 9.78 Å². The second kappa shape index (κ2) is 3.99. The maximum atomic E-state index is 11.2. The Labute approximate surface area is 92.2 Å². The number of aryl methyl sites for hydroxylation is 1. The maximum Gasteiger partial charge on any atom is 0.249 e. The minimum atomic E-state index is -0.258. The Kier molecular flexibility index (Phi) is 2.52. The van der Waals surface area contributed by atoms with Gasteiger partial charge in [-0.2, -0.15) is 5.26 Å². The van der Waals surface area contributed by atoms with Gasteiger partial charge in [0.15, 0.2) is 0 Å². The van der Waals surface area contributed by atoms with E-state index in [1.54, 1.807) is 19.3 Å². The molecule has 0 amide bonds. The van der Waals surface area contributed by atoms with Crippen LogP contribution in [0.25, 0.3) is 11.1 Å². The topological polar surface area (TPSA) is 69.5 Å². The van der Waals surface area contributed by atoms with Crippen LogP contribution in [-0.2, 0) is 0 Å². The van der Waals surface area contributed by atoms with Crippen LogP contribution >= 0.6 is 0 Å². The molecular formula is C12H9N3O. The minimum Gasteiger partial charge on any atom is -0.326 e. The summed E-state index contributed by atoms with van der Waals surface area (Å²) in [6.45, 7) is 1.78. The molecule has 1 N–H and O–H groups in total. The van der Waals surface area contributed by atoms with Crippen molar-refractivity contribution in [3.05, 3.63) is 52.2 Å². The lowest BCUT2D eigenvalue weighted by molar-refractivity contribution is 1.14. The highest BCUT2D eigenvalue weighted by Crippen LogP contribution is 2.23. The molecule has 0 aliphatic rings. The van der Waals surface area contributed by atoms with Crippen LogP contribution in [0.2, 0.25) is 0 Å². The van der Waals surface area contributed by atoms with Gasteiger partial charge in [-0.1, -0.05) is 0 Å². The summed E-state index contributed by atoms with van der Waals surface area (Å²) in [4.78, 5) is 17.8. The van der Waals surface area contributed by atoms with Crippen molar-refractivity contribution in [2.24, 2.45) is 0 Å². The van der Waals surface area contributed by atoms with Crippen molar-refractivity contribution in [2.45, 2.75) is 6.92 Å². The summed E-state index contributed by atoms with van der Waals surface area (Å²) in [6.07, 6.45) is 3.31. The summed E-state index contributed by atoms with van der Waals surface area (Å²) in [5.41, 5.74) is 2.44. The van der Waals surface area contributed by atoms with E-state index in [1.807, 2.05) is 18.2 Å². The first-order valence-electron chi connectivity index (χ1n) is 4.77. The first-order chi connectivity index (χ1) is 7.72. The van der Waals surface area contributed by atoms with E-state index >= 15 is 0 Å². The van der Waals surface area contributed by atoms with E-state index in [0.717, 1.165) is 11.1 Å². The number of hydrogen-bond donors (Lipinski definition) is 1. The van der Waals surface area contributed by atoms with E-state index in [9.17, 15) is 4.79 Å². The molecule has 2 aromatic heterocycles. The normalized spacial score (nSPS) is 9.75. The average molecular weight is 211 g/mol. The highest BCUT2D eigenvalue weighted by Gasteiger charge is 2.09. The summed E-state index contributed by atoms with van der Waals surface area (Å²) in [5, 5.41) is 9.01. The monoisotopic (exact) mass is 211 g/mol. The number of nitriles is 1. The molecule has 0 saturated heterocycles. The van der Waals surface area contributed by atoms with E-state index in [-0.39, 0.29) is 5.56 Å². The molecule has 2 heterocycles. The summed E-state index contributed by atoms with van der Waals surface area (Å²) in [6, 6.07) is 6.96. The van der Waals surface area contributed by atoms with Crippen LogP contribution in [0.5, 0.6) is 0 Å². The van der Waals surface area contributed by atoms with Gasteiger partial charge in [0.05, 0.1) is 5.56 Å². The Morgan fingerprint density at radius 2 is 2.06 bits per heavy atom. The number of pyridine rings is 2. The van der Waals surface area contributed by atoms with Gasteiger partial charge in [0.2, 0.25) is 5.56 Å². The van der Waals surface area contributed by atoms with Crippen molar-refractivity contribution in [1.29, 1.82) is 5.26 Å². The lowest BCUT2D eigenvalue weighted by Crippen LogP contribution is -2.08. The van der Waals surface area contributed by atoms with Crippen molar-refractivity contribution < 1.29 is 0 Å². The fourth-order valence-electron chi connectivity index (χ4n) is 1.67. The molecule has 0 aliphatic heterocycles. The molecule has 0 aromatic carbocycles. The molecule has 2 rings (SSSR count). The quantitative estimate of drug-likeness (QED) is 0.779. The van der Waals surface area contributed by atoms with Crippen molar-refractivity contribution in [1.82, 2.24) is 9.97 Å². The van der Waals surface area contributed by atoms with Gasteiger partial charge in [-0.15, -0.1) is 0 Å². The Morgan fingerprint density at radius 1 is 1.38 bits per heavy atom. The van der Waals surface area contributed by atoms with Crippen LogP contribution in [-0.4, -0.2) is 9.97 Å². The van der Waals surface area contributed by atoms with Gasteiger partial charge in [0.1, 0.15) is 6.07 Å². The van der Waals surface area contributed by atoms with Gasteiger partial charge in [0.25, 0.3) is 0 Å². The molecule has 0 atom stereocenters. The molecule has 78 valence electrons. The number of hydrogen-bond acceptors (Lipinski definition) is 3. The number of H-pyrrole nitrogens is 1. The molecule has 4 nitrogen and oxygen atoms in total. The number of nitrogens with one attached hydrogen (secondary N) is 1. The summed E-state index contributed by atoms with van der Waals surface area (Å²) in [5.74, 6) is 0. The number of nitrogens with zero attached hydrogens (tertiary/aromatic N) is 2. The van der Waals surface area contributed by atoms with E-state index in [2.05, 4.69) is 9.97 Å². The van der Waals surface area contributed by atoms with Crippen LogP contribution in [0.1, 0.15) is 11.3 Å². The molecule has 0 aliphatic carbocycles. The molecule has 4 heteroatoms. The molecule has 0 radical (unpaired) electrons. The van der Waals surface area contributed by atoms with E-state index in [1.165, 1.54) is 6.07 Å². The maximum absolute atomic E-state index is 11.2. The van der Waals surface area contributed by atoms with Gasteiger partial charge < -0.3 is 4.98 Å². The van der Waals surface area contributed by atoms with E-state index in [4.69, 9.17) is 5.26 Å². The van der Waals surface area contributed by atoms with Crippen molar-refractivity contribution in [3.63, 3.8) is 0 Å². The zero-order chi connectivity index (χ0) is 11.5. The molecule has 2 aromatic rings. The molecule has 0 bridgehead atoms. The molecule has 16 heavy (non-hydrogen) atoms. The van der Waals surface area contributed by atoms with Crippen molar-refractivity contribution in [3.8, 4) is 17.2 Å². The third-order valence-corrected chi connectivity index (χ3v) is 2.32. The first kappa shape index (κ1) is 10.1. The van der Waals surface area contributed by atoms with Gasteiger partial charge in [-0.05, 0) is 24.6 Å². The van der Waals surface area contributed by atoms with Gasteiger partial charge >= 0.3 is 0 Å². The number of rotatable bonds is 1. The second-order valence-corrected chi connectivity index (χ2v) is 3.39. The van der Waals surface area contributed by atoms with Crippen molar-refractivity contribution in [2.75, 3.05) is 0 Å². The number of aromatic amines is 1. The Balaban J connectivity index is 2.76. The molecule has 0 fully saturated rings. The second-order valence-electron chi connectivity index (χ2n) is 3.39. The highest BCUT2D eigenvalue weighted by atomic mass is 16.1. The standard InChI is InChI=1S/C12H9N3O/c1-8-12(9-2-4-14-5-3-9)10(7-13)6-11(16)15-8/h2-6H,1H3,(H,15,16). The number of aromatic nitrogens is 2. The smallest absolute Gasteiger partial charge is 0.249 e. The van der Waals surface area contributed by atoms with E-state index in [0.29, 0.717) is 11.3 Å². The average Bonchev–Trinajstić information content (AvgIpc) is 2.29. The first-order valence-corrected chi connectivity index (χ1v) is 4.77. The Morgan fingerprint density at radius 3 is 2.69 bits per heavy atom. The predicted molar refractivity (Wildman–Crippen MR) is 59.7 cm³/mol. The SMILES string of the molecule is Cc1[nH]c(=O)cc(C#N)c1-c1ccncc1. The van der Waals surface area contributed by atoms with Crippen LogP contribution in [0, 0.1) is 18.3 Å². The minimum absolute atomic E-state index is 0.258. The van der Waals surface area contributed by atoms with Crippen LogP contribution < -0.4 is 5.56 Å². The third kappa shape index (κ3) is 1.71. The fraction of sp³-hybridized carbons (Fsp3) is 0.0833. The predicted octanol–water partition coefficient (Wildman–Crippen LogP) is 1.62. The molecule has 0 spiro atoms.